The second-order valence-corrected chi connectivity index (χ2v) is 6.71. The van der Waals surface area contributed by atoms with E-state index in [0.717, 1.165) is 37.3 Å². The Morgan fingerprint density at radius 1 is 1.04 bits per heavy atom. The molecule has 0 amide bonds. The normalized spacial score (nSPS) is 14.2. The molecule has 1 heterocycles. The summed E-state index contributed by atoms with van der Waals surface area (Å²) in [5, 5.41) is 0. The summed E-state index contributed by atoms with van der Waals surface area (Å²) in [7, 11) is 0. The van der Waals surface area contributed by atoms with Gasteiger partial charge >= 0.3 is 0 Å². The van der Waals surface area contributed by atoms with Gasteiger partial charge < -0.3 is 9.30 Å². The lowest BCUT2D eigenvalue weighted by Crippen LogP contribution is -2.05. The highest BCUT2D eigenvalue weighted by Gasteiger charge is 2.29. The maximum absolute atomic E-state index is 5.91. The van der Waals surface area contributed by atoms with E-state index in [9.17, 15) is 0 Å². The molecule has 4 rings (SSSR count). The number of para-hydroxylation sites is 3. The first-order chi connectivity index (χ1) is 11.8. The van der Waals surface area contributed by atoms with E-state index in [1.807, 2.05) is 18.2 Å². The molecule has 1 aromatic heterocycles. The second-order valence-electron chi connectivity index (χ2n) is 6.71. The summed E-state index contributed by atoms with van der Waals surface area (Å²) in [5.74, 6) is 2.97. The fourth-order valence-electron chi connectivity index (χ4n) is 3.25. The Labute approximate surface area is 143 Å². The van der Waals surface area contributed by atoms with E-state index >= 15 is 0 Å². The van der Waals surface area contributed by atoms with Gasteiger partial charge in [-0.1, -0.05) is 30.3 Å². The number of hydrogen-bond donors (Lipinski definition) is 0. The van der Waals surface area contributed by atoms with Gasteiger partial charge in [-0.15, -0.1) is 0 Å². The number of aromatic nitrogens is 2. The Kier molecular flexibility index (Phi) is 4.24. The van der Waals surface area contributed by atoms with Crippen LogP contribution in [0.25, 0.3) is 11.0 Å². The van der Waals surface area contributed by atoms with Crippen LogP contribution in [-0.2, 0) is 6.54 Å². The summed E-state index contributed by atoms with van der Waals surface area (Å²) in [4.78, 5) is 4.86. The molecule has 124 valence electrons. The van der Waals surface area contributed by atoms with Crippen molar-refractivity contribution in [3.05, 3.63) is 59.9 Å². The molecule has 0 unspecified atom stereocenters. The van der Waals surface area contributed by atoms with Crippen molar-refractivity contribution in [2.75, 3.05) is 6.61 Å². The summed E-state index contributed by atoms with van der Waals surface area (Å²) in [6, 6.07) is 16.7. The van der Waals surface area contributed by atoms with Gasteiger partial charge in [0, 0.05) is 12.5 Å². The zero-order valence-corrected chi connectivity index (χ0v) is 14.2. The number of fused-ring (bicyclic) bond motifs is 1. The standard InChI is InChI=1S/C21H24N2O/c1-16-8-2-5-11-20(16)24-15-7-6-14-23-19-10-4-3-9-18(19)22-21(23)17-12-13-17/h2-5,8-11,17H,6-7,12-15H2,1H3. The van der Waals surface area contributed by atoms with Crippen LogP contribution in [0.15, 0.2) is 48.5 Å². The Hall–Kier alpha value is -2.29. The van der Waals surface area contributed by atoms with Crippen molar-refractivity contribution in [1.82, 2.24) is 9.55 Å². The zero-order valence-electron chi connectivity index (χ0n) is 14.2. The topological polar surface area (TPSA) is 27.1 Å². The third-order valence-electron chi connectivity index (χ3n) is 4.75. The summed E-state index contributed by atoms with van der Waals surface area (Å²) >= 11 is 0. The van der Waals surface area contributed by atoms with Gasteiger partial charge in [0.05, 0.1) is 17.6 Å². The van der Waals surface area contributed by atoms with E-state index in [0.29, 0.717) is 5.92 Å². The average Bonchev–Trinajstić information content (AvgIpc) is 3.38. The van der Waals surface area contributed by atoms with E-state index in [1.54, 1.807) is 0 Å². The smallest absolute Gasteiger partial charge is 0.122 e. The summed E-state index contributed by atoms with van der Waals surface area (Å²) < 4.78 is 8.34. The Morgan fingerprint density at radius 2 is 1.83 bits per heavy atom. The van der Waals surface area contributed by atoms with Crippen molar-refractivity contribution in [2.45, 2.75) is 45.1 Å². The van der Waals surface area contributed by atoms with Gasteiger partial charge in [0.1, 0.15) is 11.6 Å². The molecule has 0 N–H and O–H groups in total. The molecule has 1 aliphatic carbocycles. The average molecular weight is 320 g/mol. The lowest BCUT2D eigenvalue weighted by atomic mass is 10.2. The molecule has 0 spiro atoms. The van der Waals surface area contributed by atoms with Gasteiger partial charge in [-0.25, -0.2) is 4.98 Å². The van der Waals surface area contributed by atoms with Gasteiger partial charge in [0.15, 0.2) is 0 Å². The number of aryl methyl sites for hydroxylation is 2. The molecule has 0 radical (unpaired) electrons. The van der Waals surface area contributed by atoms with Gasteiger partial charge in [-0.3, -0.25) is 0 Å². The first-order valence-electron chi connectivity index (χ1n) is 8.96. The van der Waals surface area contributed by atoms with Crippen LogP contribution in [0.2, 0.25) is 0 Å². The molecule has 3 nitrogen and oxygen atoms in total. The predicted molar refractivity (Wildman–Crippen MR) is 97.6 cm³/mol. The van der Waals surface area contributed by atoms with E-state index < -0.39 is 0 Å². The van der Waals surface area contributed by atoms with Crippen molar-refractivity contribution in [2.24, 2.45) is 0 Å². The lowest BCUT2D eigenvalue weighted by molar-refractivity contribution is 0.301. The second kappa shape index (κ2) is 6.68. The molecule has 0 aliphatic heterocycles. The maximum atomic E-state index is 5.91. The molecule has 3 heteroatoms. The quantitative estimate of drug-likeness (QED) is 0.568. The molecule has 0 atom stereocenters. The highest BCUT2D eigenvalue weighted by Crippen LogP contribution is 2.40. The first kappa shape index (κ1) is 15.3. The number of rotatable bonds is 7. The molecule has 0 saturated heterocycles. The van der Waals surface area contributed by atoms with Crippen LogP contribution in [0.3, 0.4) is 0 Å². The van der Waals surface area contributed by atoms with Crippen LogP contribution >= 0.6 is 0 Å². The van der Waals surface area contributed by atoms with Crippen molar-refractivity contribution >= 4 is 11.0 Å². The lowest BCUT2D eigenvalue weighted by Gasteiger charge is -2.11. The Balaban J connectivity index is 1.37. The minimum atomic E-state index is 0.681. The van der Waals surface area contributed by atoms with Gasteiger partial charge in [-0.05, 0) is 56.4 Å². The molecular formula is C21H24N2O. The van der Waals surface area contributed by atoms with Crippen LogP contribution in [0.5, 0.6) is 5.75 Å². The monoisotopic (exact) mass is 320 g/mol. The van der Waals surface area contributed by atoms with Crippen LogP contribution in [-0.4, -0.2) is 16.2 Å². The number of unbranched alkanes of at least 4 members (excludes halogenated alkanes) is 1. The third-order valence-corrected chi connectivity index (χ3v) is 4.75. The minimum Gasteiger partial charge on any atom is -0.493 e. The van der Waals surface area contributed by atoms with Crippen LogP contribution in [0.4, 0.5) is 0 Å². The van der Waals surface area contributed by atoms with Gasteiger partial charge in [0.2, 0.25) is 0 Å². The number of benzene rings is 2. The molecule has 24 heavy (non-hydrogen) atoms. The first-order valence-corrected chi connectivity index (χ1v) is 8.96. The molecule has 2 aromatic carbocycles. The van der Waals surface area contributed by atoms with Crippen molar-refractivity contribution in [3.8, 4) is 5.75 Å². The number of imidazole rings is 1. The highest BCUT2D eigenvalue weighted by atomic mass is 16.5. The molecular weight excluding hydrogens is 296 g/mol. The maximum Gasteiger partial charge on any atom is 0.122 e. The molecule has 0 bridgehead atoms. The fourth-order valence-corrected chi connectivity index (χ4v) is 3.25. The van der Waals surface area contributed by atoms with E-state index in [2.05, 4.69) is 41.8 Å². The number of hydrogen-bond acceptors (Lipinski definition) is 2. The number of nitrogens with zero attached hydrogens (tertiary/aromatic N) is 2. The molecule has 1 saturated carbocycles. The van der Waals surface area contributed by atoms with Crippen LogP contribution in [0.1, 0.15) is 43.0 Å². The predicted octanol–water partition coefficient (Wildman–Crippen LogP) is 5.08. The highest BCUT2D eigenvalue weighted by molar-refractivity contribution is 5.76. The number of ether oxygens (including phenoxy) is 1. The fraction of sp³-hybridized carbons (Fsp3) is 0.381. The van der Waals surface area contributed by atoms with Crippen LogP contribution in [0, 0.1) is 6.92 Å². The van der Waals surface area contributed by atoms with Crippen LogP contribution < -0.4 is 4.74 Å². The minimum absolute atomic E-state index is 0.681. The van der Waals surface area contributed by atoms with E-state index in [1.165, 1.54) is 29.7 Å². The molecule has 1 fully saturated rings. The molecule has 1 aliphatic rings. The molecule has 3 aromatic rings. The Morgan fingerprint density at radius 3 is 2.67 bits per heavy atom. The van der Waals surface area contributed by atoms with Crippen molar-refractivity contribution in [3.63, 3.8) is 0 Å². The summed E-state index contributed by atoms with van der Waals surface area (Å²) in [5.41, 5.74) is 3.61. The summed E-state index contributed by atoms with van der Waals surface area (Å²) in [6.45, 7) is 3.90. The van der Waals surface area contributed by atoms with E-state index in [4.69, 9.17) is 9.72 Å². The van der Waals surface area contributed by atoms with Gasteiger partial charge in [0.25, 0.3) is 0 Å². The third kappa shape index (κ3) is 3.16. The van der Waals surface area contributed by atoms with Crippen molar-refractivity contribution in [1.29, 1.82) is 0 Å². The SMILES string of the molecule is Cc1ccccc1OCCCCn1c(C2CC2)nc2ccccc21. The van der Waals surface area contributed by atoms with Crippen molar-refractivity contribution < 1.29 is 4.74 Å². The van der Waals surface area contributed by atoms with Gasteiger partial charge in [-0.2, -0.15) is 0 Å². The Bertz CT molecular complexity index is 833. The largest absolute Gasteiger partial charge is 0.493 e. The zero-order chi connectivity index (χ0) is 16.4. The summed E-state index contributed by atoms with van der Waals surface area (Å²) in [6.07, 6.45) is 4.76. The van der Waals surface area contributed by atoms with E-state index in [-0.39, 0.29) is 0 Å².